The first-order chi connectivity index (χ1) is 13.5. The van der Waals surface area contributed by atoms with E-state index < -0.39 is 18.4 Å². The number of rotatable bonds is 8. The van der Waals surface area contributed by atoms with Crippen molar-refractivity contribution in [3.05, 3.63) is 45.9 Å². The van der Waals surface area contributed by atoms with Gasteiger partial charge in [0.25, 0.3) is 11.8 Å². The van der Waals surface area contributed by atoms with Gasteiger partial charge in [-0.25, -0.2) is 0 Å². The predicted molar refractivity (Wildman–Crippen MR) is 102 cm³/mol. The van der Waals surface area contributed by atoms with Crippen LogP contribution in [0.2, 0.25) is 0 Å². The van der Waals surface area contributed by atoms with Crippen LogP contribution in [-0.2, 0) is 9.53 Å². The number of carbonyl (C=O) groups excluding carboxylic acids is 4. The third kappa shape index (κ3) is 5.07. The first-order valence-corrected chi connectivity index (χ1v) is 9.91. The summed E-state index contributed by atoms with van der Waals surface area (Å²) >= 11 is 1.31. The van der Waals surface area contributed by atoms with Crippen molar-refractivity contribution in [1.29, 1.82) is 0 Å². The van der Waals surface area contributed by atoms with E-state index in [1.54, 1.807) is 22.4 Å². The Labute approximate surface area is 165 Å². The second-order valence-corrected chi connectivity index (χ2v) is 7.32. The number of esters is 1. The maximum Gasteiger partial charge on any atom is 0.308 e. The lowest BCUT2D eigenvalue weighted by Crippen LogP contribution is -2.27. The van der Waals surface area contributed by atoms with E-state index in [1.807, 2.05) is 0 Å². The summed E-state index contributed by atoms with van der Waals surface area (Å²) in [5, 5.41) is 4.41. The van der Waals surface area contributed by atoms with E-state index in [4.69, 9.17) is 4.74 Å². The van der Waals surface area contributed by atoms with Gasteiger partial charge in [-0.2, -0.15) is 0 Å². The number of aromatic amines is 1. The van der Waals surface area contributed by atoms with Crippen molar-refractivity contribution in [3.8, 4) is 0 Å². The molecule has 2 aromatic heterocycles. The highest BCUT2D eigenvalue weighted by Crippen LogP contribution is 2.13. The van der Waals surface area contributed by atoms with E-state index in [0.29, 0.717) is 16.1 Å². The highest BCUT2D eigenvalue weighted by atomic mass is 32.1. The smallest absolute Gasteiger partial charge is 0.308 e. The summed E-state index contributed by atoms with van der Waals surface area (Å²) in [6, 6.07) is 4.94. The molecule has 28 heavy (non-hydrogen) atoms. The van der Waals surface area contributed by atoms with Crippen LogP contribution in [-0.4, -0.2) is 59.7 Å². The molecular weight excluding hydrogens is 382 g/mol. The van der Waals surface area contributed by atoms with Gasteiger partial charge in [0.15, 0.2) is 6.61 Å². The van der Waals surface area contributed by atoms with Gasteiger partial charge in [0.1, 0.15) is 5.69 Å². The Morgan fingerprint density at radius 1 is 1.21 bits per heavy atom. The maximum atomic E-state index is 12.3. The molecule has 0 spiro atoms. The van der Waals surface area contributed by atoms with Crippen LogP contribution in [0.1, 0.15) is 49.8 Å². The van der Waals surface area contributed by atoms with Gasteiger partial charge in [-0.3, -0.25) is 19.2 Å². The van der Waals surface area contributed by atoms with Gasteiger partial charge in [-0.1, -0.05) is 6.07 Å². The molecule has 0 aliphatic carbocycles. The zero-order valence-corrected chi connectivity index (χ0v) is 16.0. The zero-order chi connectivity index (χ0) is 19.9. The highest BCUT2D eigenvalue weighted by Gasteiger charge is 2.22. The topological polar surface area (TPSA) is 109 Å². The summed E-state index contributed by atoms with van der Waals surface area (Å²) in [5.74, 6) is -1.35. The van der Waals surface area contributed by atoms with E-state index in [2.05, 4.69) is 10.3 Å². The van der Waals surface area contributed by atoms with Crippen molar-refractivity contribution in [2.24, 2.45) is 0 Å². The third-order valence-corrected chi connectivity index (χ3v) is 5.22. The minimum absolute atomic E-state index is 0.0315. The van der Waals surface area contributed by atoms with Crippen LogP contribution in [0.5, 0.6) is 0 Å². The molecule has 0 unspecified atom stereocenters. The SMILES string of the molecule is O=C(CCNC(=O)c1cccs1)OCC(=O)c1c[nH]c(C(=O)N2CCCC2)c1. The molecule has 0 radical (unpaired) electrons. The lowest BCUT2D eigenvalue weighted by Gasteiger charge is -2.13. The molecule has 0 atom stereocenters. The van der Waals surface area contributed by atoms with Gasteiger partial charge in [-0.05, 0) is 30.4 Å². The summed E-state index contributed by atoms with van der Waals surface area (Å²) < 4.78 is 4.95. The van der Waals surface area contributed by atoms with Crippen LogP contribution in [0.25, 0.3) is 0 Å². The Balaban J connectivity index is 1.39. The number of nitrogens with zero attached hydrogens (tertiary/aromatic N) is 1. The quantitative estimate of drug-likeness (QED) is 0.517. The van der Waals surface area contributed by atoms with Crippen LogP contribution >= 0.6 is 11.3 Å². The number of hydrogen-bond acceptors (Lipinski definition) is 6. The second kappa shape index (κ2) is 9.32. The number of thiophene rings is 1. The molecule has 2 aromatic rings. The van der Waals surface area contributed by atoms with Crippen molar-refractivity contribution in [3.63, 3.8) is 0 Å². The highest BCUT2D eigenvalue weighted by molar-refractivity contribution is 7.12. The molecule has 0 bridgehead atoms. The Bertz CT molecular complexity index is 853. The van der Waals surface area contributed by atoms with Gasteiger partial charge in [0.2, 0.25) is 5.78 Å². The normalized spacial score (nSPS) is 13.4. The average molecular weight is 403 g/mol. The number of aromatic nitrogens is 1. The number of nitrogens with one attached hydrogen (secondary N) is 2. The second-order valence-electron chi connectivity index (χ2n) is 6.37. The summed E-state index contributed by atoms with van der Waals surface area (Å²) in [4.78, 5) is 53.0. The predicted octanol–water partition coefficient (Wildman–Crippen LogP) is 1.86. The number of hydrogen-bond donors (Lipinski definition) is 2. The fourth-order valence-electron chi connectivity index (χ4n) is 2.84. The molecule has 3 heterocycles. The number of carbonyl (C=O) groups is 4. The van der Waals surface area contributed by atoms with E-state index in [-0.39, 0.29) is 24.8 Å². The van der Waals surface area contributed by atoms with Crippen LogP contribution in [0, 0.1) is 0 Å². The van der Waals surface area contributed by atoms with Gasteiger partial charge >= 0.3 is 5.97 Å². The van der Waals surface area contributed by atoms with Crippen molar-refractivity contribution in [2.75, 3.05) is 26.2 Å². The van der Waals surface area contributed by atoms with Gasteiger partial charge in [0.05, 0.1) is 11.3 Å². The molecule has 1 saturated heterocycles. The lowest BCUT2D eigenvalue weighted by molar-refractivity contribution is -0.142. The summed E-state index contributed by atoms with van der Waals surface area (Å²) in [5.41, 5.74) is 0.647. The molecule has 148 valence electrons. The Hall–Kier alpha value is -2.94. The number of Topliss-reactive ketones (excluding diaryl/α,β-unsaturated/α-hetero) is 1. The molecule has 1 aliphatic heterocycles. The van der Waals surface area contributed by atoms with Crippen LogP contribution in [0.15, 0.2) is 29.8 Å². The van der Waals surface area contributed by atoms with Crippen molar-refractivity contribution in [1.82, 2.24) is 15.2 Å². The monoisotopic (exact) mass is 403 g/mol. The van der Waals surface area contributed by atoms with Gasteiger partial charge in [-0.15, -0.1) is 11.3 Å². The Kier molecular flexibility index (Phi) is 6.59. The maximum absolute atomic E-state index is 12.3. The molecule has 2 N–H and O–H groups in total. The Morgan fingerprint density at radius 2 is 2.00 bits per heavy atom. The standard InChI is InChI=1S/C19H21N3O5S/c23-15(13-10-14(21-11-13)19(26)22-7-1-2-8-22)12-27-17(24)5-6-20-18(25)16-4-3-9-28-16/h3-4,9-11,21H,1-2,5-8,12H2,(H,20,25). The molecular formula is C19H21N3O5S. The summed E-state index contributed by atoms with van der Waals surface area (Å²) in [7, 11) is 0. The molecule has 8 nitrogen and oxygen atoms in total. The number of likely N-dealkylation sites (tertiary alicyclic amines) is 1. The molecule has 0 saturated carbocycles. The zero-order valence-electron chi connectivity index (χ0n) is 15.2. The van der Waals surface area contributed by atoms with E-state index in [0.717, 1.165) is 25.9 Å². The molecule has 2 amide bonds. The molecule has 3 rings (SSSR count). The Morgan fingerprint density at radius 3 is 2.71 bits per heavy atom. The van der Waals surface area contributed by atoms with E-state index in [1.165, 1.54) is 23.6 Å². The van der Waals surface area contributed by atoms with E-state index in [9.17, 15) is 19.2 Å². The number of amides is 2. The van der Waals surface area contributed by atoms with Gasteiger partial charge < -0.3 is 19.9 Å². The third-order valence-electron chi connectivity index (χ3n) is 4.35. The summed E-state index contributed by atoms with van der Waals surface area (Å²) in [6.07, 6.45) is 3.39. The van der Waals surface area contributed by atoms with Crippen LogP contribution in [0.3, 0.4) is 0 Å². The van der Waals surface area contributed by atoms with Crippen LogP contribution < -0.4 is 5.32 Å². The first-order valence-electron chi connectivity index (χ1n) is 9.03. The minimum atomic E-state index is -0.580. The molecule has 9 heteroatoms. The van der Waals surface area contributed by atoms with E-state index >= 15 is 0 Å². The lowest BCUT2D eigenvalue weighted by atomic mass is 10.2. The number of H-pyrrole nitrogens is 1. The van der Waals surface area contributed by atoms with Crippen molar-refractivity contribution >= 4 is 34.9 Å². The molecule has 0 aromatic carbocycles. The molecule has 1 fully saturated rings. The minimum Gasteiger partial charge on any atom is -0.457 e. The first kappa shape index (κ1) is 19.8. The van der Waals surface area contributed by atoms with Crippen molar-refractivity contribution < 1.29 is 23.9 Å². The summed E-state index contributed by atoms with van der Waals surface area (Å²) in [6.45, 7) is 1.17. The fourth-order valence-corrected chi connectivity index (χ4v) is 3.48. The van der Waals surface area contributed by atoms with Crippen LogP contribution in [0.4, 0.5) is 0 Å². The largest absolute Gasteiger partial charge is 0.457 e. The average Bonchev–Trinajstić information content (AvgIpc) is 3.46. The fraction of sp³-hybridized carbons (Fsp3) is 0.368. The number of ether oxygens (including phenoxy) is 1. The van der Waals surface area contributed by atoms with Crippen molar-refractivity contribution in [2.45, 2.75) is 19.3 Å². The molecule has 1 aliphatic rings. The number of ketones is 1. The van der Waals surface area contributed by atoms with Gasteiger partial charge in [0, 0.05) is 31.4 Å².